The van der Waals surface area contributed by atoms with Crippen LogP contribution < -0.4 is 9.64 Å². The molecule has 0 N–H and O–H groups in total. The van der Waals surface area contributed by atoms with Crippen LogP contribution in [0.25, 0.3) is 0 Å². The van der Waals surface area contributed by atoms with Crippen LogP contribution in [0.15, 0.2) is 18.2 Å². The minimum Gasteiger partial charge on any atom is -0.495 e. The van der Waals surface area contributed by atoms with E-state index in [1.54, 1.807) is 14.2 Å². The Morgan fingerprint density at radius 1 is 1.35 bits per heavy atom. The number of hydrogen-bond donors (Lipinski definition) is 0. The van der Waals surface area contributed by atoms with Gasteiger partial charge >= 0.3 is 5.37 Å². The molecule has 0 aromatic heterocycles. The number of benzene rings is 1. The fourth-order valence-electron chi connectivity index (χ4n) is 1.51. The highest BCUT2D eigenvalue weighted by Gasteiger charge is 2.19. The van der Waals surface area contributed by atoms with Gasteiger partial charge in [0.25, 0.3) is 0 Å². The van der Waals surface area contributed by atoms with Crippen LogP contribution >= 0.6 is 11.6 Å². The average molecular weight is 256 g/mol. The maximum absolute atomic E-state index is 11.2. The number of methoxy groups -OCH3 is 1. The van der Waals surface area contributed by atoms with E-state index in [9.17, 15) is 4.79 Å². The highest BCUT2D eigenvalue weighted by Crippen LogP contribution is 2.33. The van der Waals surface area contributed by atoms with Gasteiger partial charge in [-0.25, -0.2) is 0 Å². The average Bonchev–Trinajstić information content (AvgIpc) is 2.25. The lowest BCUT2D eigenvalue weighted by molar-refractivity contribution is 0.265. The second-order valence-corrected chi connectivity index (χ2v) is 5.27. The summed E-state index contributed by atoms with van der Waals surface area (Å²) < 4.78 is 5.23. The molecule has 1 aromatic carbocycles. The number of rotatable bonds is 2. The molecular formula is C13H18ClNO2. The number of amides is 1. The van der Waals surface area contributed by atoms with E-state index in [0.29, 0.717) is 11.4 Å². The zero-order chi connectivity index (χ0) is 13.2. The summed E-state index contributed by atoms with van der Waals surface area (Å²) in [7, 11) is 3.20. The van der Waals surface area contributed by atoms with Gasteiger partial charge in [-0.15, -0.1) is 0 Å². The Morgan fingerprint density at radius 2 is 1.94 bits per heavy atom. The number of ether oxygens (including phenoxy) is 1. The lowest BCUT2D eigenvalue weighted by Gasteiger charge is -2.23. The summed E-state index contributed by atoms with van der Waals surface area (Å²) in [5.74, 6) is 0.634. The summed E-state index contributed by atoms with van der Waals surface area (Å²) in [5.41, 5.74) is 1.81. The summed E-state index contributed by atoms with van der Waals surface area (Å²) in [6, 6.07) is 5.78. The Bertz CT molecular complexity index is 424. The third-order valence-corrected chi connectivity index (χ3v) is 2.92. The zero-order valence-electron chi connectivity index (χ0n) is 10.9. The van der Waals surface area contributed by atoms with Gasteiger partial charge in [0.05, 0.1) is 12.8 Å². The maximum Gasteiger partial charge on any atom is 0.320 e. The Balaban J connectivity index is 3.29. The molecular weight excluding hydrogens is 238 g/mol. The second-order valence-electron chi connectivity index (χ2n) is 4.95. The normalized spacial score (nSPS) is 11.2. The van der Waals surface area contributed by atoms with E-state index < -0.39 is 5.37 Å². The number of carbonyl (C=O) groups excluding carboxylic acids is 1. The van der Waals surface area contributed by atoms with Gasteiger partial charge in [0.15, 0.2) is 0 Å². The minimum atomic E-state index is -0.533. The zero-order valence-corrected chi connectivity index (χ0v) is 11.6. The van der Waals surface area contributed by atoms with Crippen molar-refractivity contribution in [3.8, 4) is 5.75 Å². The number of halogens is 1. The van der Waals surface area contributed by atoms with Gasteiger partial charge in [-0.3, -0.25) is 9.69 Å². The largest absolute Gasteiger partial charge is 0.495 e. The van der Waals surface area contributed by atoms with Crippen molar-refractivity contribution in [1.82, 2.24) is 0 Å². The monoisotopic (exact) mass is 255 g/mol. The van der Waals surface area contributed by atoms with Gasteiger partial charge in [-0.05, 0) is 34.7 Å². The van der Waals surface area contributed by atoms with Crippen molar-refractivity contribution >= 4 is 22.7 Å². The van der Waals surface area contributed by atoms with Crippen LogP contribution in [-0.4, -0.2) is 19.5 Å². The molecule has 1 amide bonds. The molecule has 1 rings (SSSR count). The van der Waals surface area contributed by atoms with Crippen LogP contribution in [0.4, 0.5) is 10.5 Å². The highest BCUT2D eigenvalue weighted by molar-refractivity contribution is 6.66. The molecule has 0 aliphatic rings. The smallest absolute Gasteiger partial charge is 0.320 e. The van der Waals surface area contributed by atoms with Crippen LogP contribution in [-0.2, 0) is 5.41 Å². The first-order valence-corrected chi connectivity index (χ1v) is 5.77. The van der Waals surface area contributed by atoms with Crippen LogP contribution in [0.3, 0.4) is 0 Å². The van der Waals surface area contributed by atoms with Gasteiger partial charge in [-0.1, -0.05) is 26.8 Å². The van der Waals surface area contributed by atoms with Crippen molar-refractivity contribution in [2.24, 2.45) is 0 Å². The summed E-state index contributed by atoms with van der Waals surface area (Å²) in [6.45, 7) is 6.34. The quantitative estimate of drug-likeness (QED) is 0.594. The van der Waals surface area contributed by atoms with Crippen molar-refractivity contribution in [3.05, 3.63) is 23.8 Å². The predicted molar refractivity (Wildman–Crippen MR) is 71.3 cm³/mol. The minimum absolute atomic E-state index is 0.0111. The second kappa shape index (κ2) is 4.96. The first-order valence-electron chi connectivity index (χ1n) is 5.39. The molecule has 0 saturated carbocycles. The molecule has 0 saturated heterocycles. The number of anilines is 1. The molecule has 94 valence electrons. The van der Waals surface area contributed by atoms with Gasteiger partial charge in [0.1, 0.15) is 5.75 Å². The maximum atomic E-state index is 11.2. The molecule has 1 aromatic rings. The Hall–Kier alpha value is -1.22. The van der Waals surface area contributed by atoms with Crippen molar-refractivity contribution in [2.75, 3.05) is 19.1 Å². The molecule has 3 nitrogen and oxygen atoms in total. The van der Waals surface area contributed by atoms with E-state index in [4.69, 9.17) is 16.3 Å². The number of nitrogens with zero attached hydrogens (tertiary/aromatic N) is 1. The fourth-order valence-corrected chi connectivity index (χ4v) is 1.60. The van der Waals surface area contributed by atoms with E-state index >= 15 is 0 Å². The standard InChI is InChI=1S/C13H18ClNO2/c1-13(2,3)9-6-7-11(17-5)10(8-9)15(4)12(14)16/h6-8H,1-5H3. The van der Waals surface area contributed by atoms with Crippen molar-refractivity contribution in [1.29, 1.82) is 0 Å². The van der Waals surface area contributed by atoms with Crippen molar-refractivity contribution in [2.45, 2.75) is 26.2 Å². The Labute approximate surface area is 107 Å². The highest BCUT2D eigenvalue weighted by atomic mass is 35.5. The SMILES string of the molecule is COc1ccc(C(C)(C)C)cc1N(C)C(=O)Cl. The van der Waals surface area contributed by atoms with Gasteiger partial charge in [0.2, 0.25) is 0 Å². The Kier molecular flexibility index (Phi) is 4.04. The van der Waals surface area contributed by atoms with Crippen LogP contribution in [0.1, 0.15) is 26.3 Å². The van der Waals surface area contributed by atoms with E-state index in [-0.39, 0.29) is 5.41 Å². The lowest BCUT2D eigenvalue weighted by atomic mass is 9.86. The topological polar surface area (TPSA) is 29.5 Å². The molecule has 0 atom stereocenters. The molecule has 0 aliphatic heterocycles. The van der Waals surface area contributed by atoms with Crippen LogP contribution in [0, 0.1) is 0 Å². The van der Waals surface area contributed by atoms with E-state index in [2.05, 4.69) is 20.8 Å². The summed E-state index contributed by atoms with van der Waals surface area (Å²) >= 11 is 5.49. The molecule has 0 fully saturated rings. The predicted octanol–water partition coefficient (Wildman–Crippen LogP) is 3.79. The number of hydrogen-bond acceptors (Lipinski definition) is 2. The molecule has 4 heteroatoms. The molecule has 0 bridgehead atoms. The van der Waals surface area contributed by atoms with E-state index in [1.807, 2.05) is 18.2 Å². The van der Waals surface area contributed by atoms with Gasteiger partial charge < -0.3 is 4.74 Å². The molecule has 0 radical (unpaired) electrons. The molecule has 17 heavy (non-hydrogen) atoms. The van der Waals surface area contributed by atoms with Crippen LogP contribution in [0.2, 0.25) is 0 Å². The molecule has 0 unspecified atom stereocenters. The first kappa shape index (κ1) is 13.8. The van der Waals surface area contributed by atoms with E-state index in [1.165, 1.54) is 4.90 Å². The summed E-state index contributed by atoms with van der Waals surface area (Å²) in [6.07, 6.45) is 0. The summed E-state index contributed by atoms with van der Waals surface area (Å²) in [5, 5.41) is -0.533. The third kappa shape index (κ3) is 3.13. The third-order valence-electron chi connectivity index (χ3n) is 2.67. The fraction of sp³-hybridized carbons (Fsp3) is 0.462. The molecule has 0 aliphatic carbocycles. The van der Waals surface area contributed by atoms with Crippen molar-refractivity contribution in [3.63, 3.8) is 0 Å². The summed E-state index contributed by atoms with van der Waals surface area (Å²) in [4.78, 5) is 12.6. The van der Waals surface area contributed by atoms with Gasteiger partial charge in [-0.2, -0.15) is 0 Å². The van der Waals surface area contributed by atoms with Crippen LogP contribution in [0.5, 0.6) is 5.75 Å². The Morgan fingerprint density at radius 3 is 2.35 bits per heavy atom. The first-order chi connectivity index (χ1) is 7.77. The lowest BCUT2D eigenvalue weighted by Crippen LogP contribution is -2.21. The van der Waals surface area contributed by atoms with Gasteiger partial charge in [0, 0.05) is 7.05 Å². The van der Waals surface area contributed by atoms with E-state index in [0.717, 1.165) is 5.56 Å². The number of carbonyl (C=O) groups is 1. The van der Waals surface area contributed by atoms with Crippen molar-refractivity contribution < 1.29 is 9.53 Å². The molecule has 0 heterocycles. The molecule has 0 spiro atoms.